The van der Waals surface area contributed by atoms with Crippen molar-refractivity contribution in [2.45, 2.75) is 26.3 Å². The Balaban J connectivity index is 1.64. The van der Waals surface area contributed by atoms with E-state index in [0.29, 0.717) is 11.9 Å². The first-order valence-corrected chi connectivity index (χ1v) is 10.5. The Morgan fingerprint density at radius 2 is 2.07 bits per heavy atom. The second kappa shape index (κ2) is 7.25. The highest BCUT2D eigenvalue weighted by atomic mass is 32.1. The fourth-order valence-electron chi connectivity index (χ4n) is 3.16. The Hall–Kier alpha value is -2.51. The van der Waals surface area contributed by atoms with Crippen molar-refractivity contribution < 1.29 is 4.79 Å². The smallest absolute Gasteiger partial charge is 0.276 e. The van der Waals surface area contributed by atoms with E-state index in [-0.39, 0.29) is 11.5 Å². The van der Waals surface area contributed by atoms with Gasteiger partial charge in [-0.25, -0.2) is 4.68 Å². The molecule has 1 amide bonds. The Bertz CT molecular complexity index is 1180. The van der Waals surface area contributed by atoms with Crippen LogP contribution in [0.1, 0.15) is 23.5 Å². The van der Waals surface area contributed by atoms with Crippen LogP contribution in [0.25, 0.3) is 20.2 Å². The molecule has 0 aliphatic heterocycles. The number of hydrogen-bond donors (Lipinski definition) is 1. The van der Waals surface area contributed by atoms with Gasteiger partial charge in [-0.05, 0) is 37.8 Å². The van der Waals surface area contributed by atoms with Crippen molar-refractivity contribution in [1.29, 1.82) is 0 Å². The number of fused-ring (bicyclic) bond motifs is 3. The van der Waals surface area contributed by atoms with Crippen molar-refractivity contribution in [3.63, 3.8) is 0 Å². The Morgan fingerprint density at radius 3 is 2.85 bits per heavy atom. The number of thiophene rings is 2. The summed E-state index contributed by atoms with van der Waals surface area (Å²) in [5.41, 5.74) is 0.554. The molecule has 0 aliphatic carbocycles. The normalized spacial score (nSPS) is 12.5. The summed E-state index contributed by atoms with van der Waals surface area (Å²) in [7, 11) is 0. The largest absolute Gasteiger partial charge is 0.354 e. The third-order valence-corrected chi connectivity index (χ3v) is 6.82. The highest BCUT2D eigenvalue weighted by Crippen LogP contribution is 2.32. The summed E-state index contributed by atoms with van der Waals surface area (Å²) >= 11 is 3.24. The van der Waals surface area contributed by atoms with Crippen LogP contribution in [0.15, 0.2) is 46.6 Å². The van der Waals surface area contributed by atoms with E-state index < -0.39 is 6.04 Å². The highest BCUT2D eigenvalue weighted by molar-refractivity contribution is 7.26. The maximum absolute atomic E-state index is 13.1. The zero-order valence-electron chi connectivity index (χ0n) is 15.1. The predicted molar refractivity (Wildman–Crippen MR) is 112 cm³/mol. The molecule has 4 aromatic rings. The predicted octanol–water partition coefficient (Wildman–Crippen LogP) is 3.90. The van der Waals surface area contributed by atoms with E-state index >= 15 is 0 Å². The topological polar surface area (TPSA) is 64.0 Å². The summed E-state index contributed by atoms with van der Waals surface area (Å²) in [5.74, 6) is -0.195. The molecular weight excluding hydrogens is 378 g/mol. The van der Waals surface area contributed by atoms with Crippen molar-refractivity contribution in [3.8, 4) is 0 Å². The average Bonchev–Trinajstić information content (AvgIpc) is 3.31. The Morgan fingerprint density at radius 1 is 1.26 bits per heavy atom. The quantitative estimate of drug-likeness (QED) is 0.555. The van der Waals surface area contributed by atoms with Gasteiger partial charge in [-0.2, -0.15) is 5.10 Å². The molecule has 1 N–H and O–H groups in total. The molecule has 5 nitrogen and oxygen atoms in total. The summed E-state index contributed by atoms with van der Waals surface area (Å²) < 4.78 is 3.26. The van der Waals surface area contributed by atoms with Crippen molar-refractivity contribution in [3.05, 3.63) is 62.7 Å². The molecule has 0 spiro atoms. The van der Waals surface area contributed by atoms with Crippen LogP contribution < -0.4 is 10.9 Å². The van der Waals surface area contributed by atoms with E-state index in [4.69, 9.17) is 0 Å². The van der Waals surface area contributed by atoms with Gasteiger partial charge in [-0.15, -0.1) is 22.7 Å². The fraction of sp³-hybridized carbons (Fsp3) is 0.250. The second-order valence-electron chi connectivity index (χ2n) is 6.43. The van der Waals surface area contributed by atoms with Crippen LogP contribution in [-0.2, 0) is 11.2 Å². The van der Waals surface area contributed by atoms with E-state index in [1.54, 1.807) is 29.6 Å². The summed E-state index contributed by atoms with van der Waals surface area (Å²) in [6.45, 7) is 4.14. The van der Waals surface area contributed by atoms with E-state index in [1.807, 2.05) is 48.7 Å². The third kappa shape index (κ3) is 3.28. The zero-order valence-corrected chi connectivity index (χ0v) is 16.7. The first-order chi connectivity index (χ1) is 13.1. The number of amides is 1. The molecule has 1 aromatic carbocycles. The summed E-state index contributed by atoms with van der Waals surface area (Å²) in [5, 5.41) is 10.9. The summed E-state index contributed by atoms with van der Waals surface area (Å²) in [6.07, 6.45) is 0.783. The Kier molecular flexibility index (Phi) is 4.80. The van der Waals surface area contributed by atoms with Crippen LogP contribution >= 0.6 is 22.7 Å². The van der Waals surface area contributed by atoms with Gasteiger partial charge in [-0.3, -0.25) is 9.59 Å². The molecule has 7 heteroatoms. The molecular formula is C20H19N3O2S2. The van der Waals surface area contributed by atoms with Gasteiger partial charge in [0.15, 0.2) is 0 Å². The van der Waals surface area contributed by atoms with Gasteiger partial charge >= 0.3 is 0 Å². The molecule has 3 aromatic heterocycles. The minimum atomic E-state index is -0.664. The van der Waals surface area contributed by atoms with Gasteiger partial charge in [0.1, 0.15) is 6.04 Å². The number of aryl methyl sites for hydroxylation is 1. The van der Waals surface area contributed by atoms with Gasteiger partial charge < -0.3 is 5.32 Å². The van der Waals surface area contributed by atoms with Crippen molar-refractivity contribution in [2.24, 2.45) is 0 Å². The van der Waals surface area contributed by atoms with E-state index in [9.17, 15) is 9.59 Å². The molecule has 138 valence electrons. The second-order valence-corrected chi connectivity index (χ2v) is 8.52. The Labute approximate surface area is 164 Å². The average molecular weight is 398 g/mol. The lowest BCUT2D eigenvalue weighted by Gasteiger charge is -2.15. The third-order valence-electron chi connectivity index (χ3n) is 4.60. The molecule has 3 heterocycles. The molecule has 0 saturated carbocycles. The molecule has 0 unspecified atom stereocenters. The van der Waals surface area contributed by atoms with Crippen LogP contribution in [0.2, 0.25) is 0 Å². The minimum Gasteiger partial charge on any atom is -0.354 e. The van der Waals surface area contributed by atoms with Crippen LogP contribution in [0.4, 0.5) is 0 Å². The number of benzene rings is 1. The van der Waals surface area contributed by atoms with Gasteiger partial charge in [0.2, 0.25) is 5.91 Å². The molecule has 0 aliphatic rings. The molecule has 1 atom stereocenters. The molecule has 0 bridgehead atoms. The number of rotatable bonds is 5. The van der Waals surface area contributed by atoms with Crippen LogP contribution in [0, 0.1) is 6.92 Å². The first kappa shape index (κ1) is 17.9. The van der Waals surface area contributed by atoms with Gasteiger partial charge in [0.05, 0.1) is 15.8 Å². The van der Waals surface area contributed by atoms with Crippen molar-refractivity contribution in [2.75, 3.05) is 6.54 Å². The number of hydrogen-bond acceptors (Lipinski definition) is 5. The lowest BCUT2D eigenvalue weighted by Crippen LogP contribution is -2.38. The van der Waals surface area contributed by atoms with E-state index in [1.165, 1.54) is 9.56 Å². The van der Waals surface area contributed by atoms with Crippen LogP contribution in [0.3, 0.4) is 0 Å². The number of nitrogens with zero attached hydrogens (tertiary/aromatic N) is 2. The highest BCUT2D eigenvalue weighted by Gasteiger charge is 2.21. The number of aromatic nitrogens is 2. The molecule has 27 heavy (non-hydrogen) atoms. The number of carbonyl (C=O) groups is 1. The number of nitrogens with one attached hydrogen (secondary N) is 1. The number of carbonyl (C=O) groups excluding carboxylic acids is 1. The summed E-state index contributed by atoms with van der Waals surface area (Å²) in [6, 6.07) is 11.2. The van der Waals surface area contributed by atoms with Crippen LogP contribution in [-0.4, -0.2) is 22.2 Å². The molecule has 0 radical (unpaired) electrons. The zero-order chi connectivity index (χ0) is 19.0. The molecule has 4 rings (SSSR count). The monoisotopic (exact) mass is 397 g/mol. The maximum atomic E-state index is 13.1. The van der Waals surface area contributed by atoms with Crippen LogP contribution in [0.5, 0.6) is 0 Å². The van der Waals surface area contributed by atoms with Gasteiger partial charge in [0, 0.05) is 21.5 Å². The molecule has 0 saturated heterocycles. The van der Waals surface area contributed by atoms with Gasteiger partial charge in [-0.1, -0.05) is 24.3 Å². The van der Waals surface area contributed by atoms with Crippen molar-refractivity contribution >= 4 is 48.8 Å². The van der Waals surface area contributed by atoms with E-state index in [0.717, 1.165) is 26.9 Å². The standard InChI is InChI=1S/C20H19N3O2S2/c1-12-18-17(15-7-3-4-8-16(15)27-18)20(25)23(22-12)13(2)19(24)21-10-9-14-6-5-11-26-14/h3-8,11,13H,9-10H2,1-2H3,(H,21,24)/t13-/m0/s1. The maximum Gasteiger partial charge on any atom is 0.276 e. The molecule has 0 fully saturated rings. The lowest BCUT2D eigenvalue weighted by molar-refractivity contribution is -0.124. The fourth-order valence-corrected chi connectivity index (χ4v) is 5.01. The van der Waals surface area contributed by atoms with Gasteiger partial charge in [0.25, 0.3) is 5.56 Å². The SMILES string of the molecule is Cc1nn([C@@H](C)C(=O)NCCc2cccs2)c(=O)c2c1sc1ccccc12. The minimum absolute atomic E-state index is 0.195. The van der Waals surface area contributed by atoms with E-state index in [2.05, 4.69) is 10.4 Å². The van der Waals surface area contributed by atoms with Crippen molar-refractivity contribution in [1.82, 2.24) is 15.1 Å². The lowest BCUT2D eigenvalue weighted by atomic mass is 10.2. The first-order valence-electron chi connectivity index (χ1n) is 8.77. The summed E-state index contributed by atoms with van der Waals surface area (Å²) in [4.78, 5) is 26.9.